The summed E-state index contributed by atoms with van der Waals surface area (Å²) in [5, 5.41) is 4.34. The molecule has 1 aromatic carbocycles. The van der Waals surface area contributed by atoms with Crippen molar-refractivity contribution in [2.45, 2.75) is 37.1 Å². The molecule has 2 heteroatoms. The second kappa shape index (κ2) is 4.87. The molecule has 0 unspecified atom stereocenters. The van der Waals surface area contributed by atoms with Gasteiger partial charge in [-0.15, -0.1) is 0 Å². The highest BCUT2D eigenvalue weighted by molar-refractivity contribution is 7.08. The third-order valence-corrected chi connectivity index (χ3v) is 4.93. The van der Waals surface area contributed by atoms with Gasteiger partial charge in [-0.05, 0) is 59.6 Å². The number of hydrogen-bond acceptors (Lipinski definition) is 2. The summed E-state index contributed by atoms with van der Waals surface area (Å²) in [4.78, 5) is 0. The van der Waals surface area contributed by atoms with E-state index in [0.29, 0.717) is 5.92 Å². The zero-order valence-corrected chi connectivity index (χ0v) is 11.3. The van der Waals surface area contributed by atoms with E-state index in [0.717, 1.165) is 12.8 Å². The van der Waals surface area contributed by atoms with Crippen LogP contribution in [0.5, 0.6) is 0 Å². The zero-order chi connectivity index (χ0) is 12.4. The molecule has 1 fully saturated rings. The van der Waals surface area contributed by atoms with Crippen molar-refractivity contribution in [2.24, 2.45) is 5.73 Å². The largest absolute Gasteiger partial charge is 0.321 e. The molecule has 94 valence electrons. The maximum atomic E-state index is 6.57. The van der Waals surface area contributed by atoms with E-state index in [1.54, 1.807) is 11.3 Å². The van der Waals surface area contributed by atoms with Crippen LogP contribution in [0.1, 0.15) is 42.7 Å². The molecule has 0 atom stereocenters. The lowest BCUT2D eigenvalue weighted by molar-refractivity contribution is 0.277. The monoisotopic (exact) mass is 257 g/mol. The normalized spacial score (nSPS) is 28.2. The van der Waals surface area contributed by atoms with E-state index < -0.39 is 0 Å². The summed E-state index contributed by atoms with van der Waals surface area (Å²) in [6, 6.07) is 13.0. The molecule has 1 saturated carbocycles. The molecule has 1 aromatic heterocycles. The third-order valence-electron chi connectivity index (χ3n) is 4.24. The van der Waals surface area contributed by atoms with Crippen molar-refractivity contribution in [3.8, 4) is 0 Å². The average molecular weight is 257 g/mol. The van der Waals surface area contributed by atoms with Crippen LogP contribution in [-0.4, -0.2) is 0 Å². The van der Waals surface area contributed by atoms with Crippen LogP contribution in [0.2, 0.25) is 0 Å². The summed E-state index contributed by atoms with van der Waals surface area (Å²) in [5.74, 6) is 0.696. The van der Waals surface area contributed by atoms with Crippen molar-refractivity contribution >= 4 is 11.3 Å². The van der Waals surface area contributed by atoms with Crippen LogP contribution in [0.3, 0.4) is 0 Å². The van der Waals surface area contributed by atoms with Crippen LogP contribution in [0, 0.1) is 0 Å². The van der Waals surface area contributed by atoms with Gasteiger partial charge < -0.3 is 5.73 Å². The van der Waals surface area contributed by atoms with E-state index in [-0.39, 0.29) is 5.54 Å². The van der Waals surface area contributed by atoms with Crippen LogP contribution in [0.4, 0.5) is 0 Å². The van der Waals surface area contributed by atoms with Gasteiger partial charge in [-0.2, -0.15) is 11.3 Å². The molecule has 1 nitrogen and oxygen atoms in total. The molecule has 0 saturated heterocycles. The number of benzene rings is 1. The lowest BCUT2D eigenvalue weighted by Gasteiger charge is -2.37. The van der Waals surface area contributed by atoms with Gasteiger partial charge in [0.1, 0.15) is 0 Å². The maximum Gasteiger partial charge on any atom is 0.0418 e. The van der Waals surface area contributed by atoms with E-state index in [1.807, 2.05) is 0 Å². The van der Waals surface area contributed by atoms with Gasteiger partial charge in [-0.1, -0.05) is 30.3 Å². The van der Waals surface area contributed by atoms with Gasteiger partial charge in [0, 0.05) is 5.54 Å². The molecule has 2 aromatic rings. The first kappa shape index (κ1) is 11.9. The zero-order valence-electron chi connectivity index (χ0n) is 10.5. The Kier molecular flexibility index (Phi) is 3.23. The van der Waals surface area contributed by atoms with Crippen LogP contribution >= 0.6 is 11.3 Å². The minimum absolute atomic E-state index is 0.0781. The molecule has 0 spiro atoms. The van der Waals surface area contributed by atoms with Gasteiger partial charge in [0.25, 0.3) is 0 Å². The summed E-state index contributed by atoms with van der Waals surface area (Å²) in [6.07, 6.45) is 4.61. The first-order valence-electron chi connectivity index (χ1n) is 6.64. The van der Waals surface area contributed by atoms with E-state index >= 15 is 0 Å². The van der Waals surface area contributed by atoms with Crippen LogP contribution < -0.4 is 5.73 Å². The molecular formula is C16H19NS. The fourth-order valence-corrected chi connectivity index (χ4v) is 3.79. The highest BCUT2D eigenvalue weighted by Gasteiger charge is 2.33. The highest BCUT2D eigenvalue weighted by Crippen LogP contribution is 2.42. The van der Waals surface area contributed by atoms with Crippen LogP contribution in [0.25, 0.3) is 0 Å². The fourth-order valence-electron chi connectivity index (χ4n) is 3.03. The van der Waals surface area contributed by atoms with Gasteiger partial charge in [0.15, 0.2) is 0 Å². The molecule has 0 amide bonds. The van der Waals surface area contributed by atoms with E-state index in [4.69, 9.17) is 5.73 Å². The topological polar surface area (TPSA) is 26.0 Å². The SMILES string of the molecule is NC1(c2ccsc2)CCC(c2ccccc2)CC1. The molecule has 1 heterocycles. The Morgan fingerprint density at radius 3 is 2.39 bits per heavy atom. The van der Waals surface area contributed by atoms with Crippen molar-refractivity contribution in [2.75, 3.05) is 0 Å². The molecule has 0 bridgehead atoms. The lowest BCUT2D eigenvalue weighted by atomic mass is 9.72. The first-order chi connectivity index (χ1) is 8.78. The number of thiophene rings is 1. The molecule has 1 aliphatic rings. The highest BCUT2D eigenvalue weighted by atomic mass is 32.1. The Morgan fingerprint density at radius 1 is 1.06 bits per heavy atom. The fraction of sp³-hybridized carbons (Fsp3) is 0.375. The number of hydrogen-bond donors (Lipinski definition) is 1. The lowest BCUT2D eigenvalue weighted by Crippen LogP contribution is -2.39. The second-order valence-electron chi connectivity index (χ2n) is 5.35. The average Bonchev–Trinajstić information content (AvgIpc) is 2.95. The second-order valence-corrected chi connectivity index (χ2v) is 6.13. The Hall–Kier alpha value is -1.12. The summed E-state index contributed by atoms with van der Waals surface area (Å²) in [6.45, 7) is 0. The van der Waals surface area contributed by atoms with Gasteiger partial charge in [0.05, 0.1) is 0 Å². The molecule has 18 heavy (non-hydrogen) atoms. The summed E-state index contributed by atoms with van der Waals surface area (Å²) in [5.41, 5.74) is 9.30. The number of nitrogens with two attached hydrogens (primary N) is 1. The van der Waals surface area contributed by atoms with Crippen molar-refractivity contribution in [3.63, 3.8) is 0 Å². The van der Waals surface area contributed by atoms with Crippen molar-refractivity contribution < 1.29 is 0 Å². The minimum atomic E-state index is -0.0781. The molecule has 0 aliphatic heterocycles. The Labute approximate surface area is 113 Å². The maximum absolute atomic E-state index is 6.57. The third kappa shape index (κ3) is 2.23. The molecule has 0 radical (unpaired) electrons. The van der Waals surface area contributed by atoms with Gasteiger partial charge >= 0.3 is 0 Å². The predicted octanol–water partition coefficient (Wildman–Crippen LogP) is 4.26. The van der Waals surface area contributed by atoms with E-state index in [9.17, 15) is 0 Å². The van der Waals surface area contributed by atoms with Crippen LogP contribution in [0.15, 0.2) is 47.2 Å². The van der Waals surface area contributed by atoms with Crippen molar-refractivity contribution in [1.29, 1.82) is 0 Å². The summed E-state index contributed by atoms with van der Waals surface area (Å²) >= 11 is 1.75. The quantitative estimate of drug-likeness (QED) is 0.854. The van der Waals surface area contributed by atoms with Crippen LogP contribution in [-0.2, 0) is 5.54 Å². The molecular weight excluding hydrogens is 238 g/mol. The van der Waals surface area contributed by atoms with Gasteiger partial charge in [0.2, 0.25) is 0 Å². The molecule has 3 rings (SSSR count). The van der Waals surface area contributed by atoms with Crippen molar-refractivity contribution in [1.82, 2.24) is 0 Å². The Bertz CT molecular complexity index is 481. The minimum Gasteiger partial charge on any atom is -0.321 e. The smallest absolute Gasteiger partial charge is 0.0418 e. The predicted molar refractivity (Wildman–Crippen MR) is 77.8 cm³/mol. The van der Waals surface area contributed by atoms with Crippen molar-refractivity contribution in [3.05, 3.63) is 58.3 Å². The van der Waals surface area contributed by atoms with E-state index in [2.05, 4.69) is 47.2 Å². The van der Waals surface area contributed by atoms with E-state index in [1.165, 1.54) is 24.0 Å². The number of rotatable bonds is 2. The summed E-state index contributed by atoms with van der Waals surface area (Å²) < 4.78 is 0. The van der Waals surface area contributed by atoms with Gasteiger partial charge in [-0.25, -0.2) is 0 Å². The standard InChI is InChI=1S/C16H19NS/c17-16(15-8-11-18-12-15)9-6-14(7-10-16)13-4-2-1-3-5-13/h1-5,8,11-12,14H,6-7,9-10,17H2. The molecule has 1 aliphatic carbocycles. The molecule has 2 N–H and O–H groups in total. The Morgan fingerprint density at radius 2 is 1.78 bits per heavy atom. The van der Waals surface area contributed by atoms with Gasteiger partial charge in [-0.3, -0.25) is 0 Å². The summed E-state index contributed by atoms with van der Waals surface area (Å²) in [7, 11) is 0. The first-order valence-corrected chi connectivity index (χ1v) is 7.59. The Balaban J connectivity index is 1.72.